The minimum Gasteiger partial charge on any atom is -0.395 e. The molecule has 1 atom stereocenters. The average molecular weight is 250 g/mol. The highest BCUT2D eigenvalue weighted by molar-refractivity contribution is 5.95. The number of aromatic nitrogens is 1. The molecule has 100 valence electrons. The third-order valence-electron chi connectivity index (χ3n) is 2.97. The van der Waals surface area contributed by atoms with Crippen LogP contribution in [0.1, 0.15) is 37.6 Å². The highest BCUT2D eigenvalue weighted by atomic mass is 16.3. The second kappa shape index (κ2) is 6.61. The fourth-order valence-electron chi connectivity index (χ4n) is 1.69. The maximum Gasteiger partial charge on any atom is 0.164 e. The second-order valence-electron chi connectivity index (χ2n) is 5.46. The van der Waals surface area contributed by atoms with E-state index in [1.807, 2.05) is 0 Å². The number of aliphatic hydroxyl groups is 1. The molecule has 0 aliphatic heterocycles. The van der Waals surface area contributed by atoms with Gasteiger partial charge in [0.15, 0.2) is 5.78 Å². The Morgan fingerprint density at radius 3 is 2.50 bits per heavy atom. The lowest BCUT2D eigenvalue weighted by molar-refractivity contribution is 0.0972. The summed E-state index contributed by atoms with van der Waals surface area (Å²) in [5.41, 5.74) is 0.664. The Kier molecular flexibility index (Phi) is 5.44. The van der Waals surface area contributed by atoms with Crippen molar-refractivity contribution in [3.05, 3.63) is 30.1 Å². The van der Waals surface area contributed by atoms with Crippen LogP contribution in [-0.4, -0.2) is 35.1 Å². The van der Waals surface area contributed by atoms with Gasteiger partial charge in [-0.15, -0.1) is 0 Å². The number of nitrogens with zero attached hydrogens (tertiary/aromatic N) is 1. The van der Waals surface area contributed by atoms with Crippen molar-refractivity contribution in [2.24, 2.45) is 5.41 Å². The van der Waals surface area contributed by atoms with E-state index < -0.39 is 0 Å². The first kappa shape index (κ1) is 14.8. The fraction of sp³-hybridized carbons (Fsp3) is 0.571. The molecule has 0 saturated heterocycles. The van der Waals surface area contributed by atoms with E-state index in [0.29, 0.717) is 18.5 Å². The number of hydrogen-bond acceptors (Lipinski definition) is 4. The molecule has 1 rings (SSSR count). The number of ketones is 1. The standard InChI is InChI=1S/C14H22N2O2/c1-14(2,3)13(10-17)16-9-6-12(18)11-4-7-15-8-5-11/h4-5,7-8,13,16-17H,6,9-10H2,1-3H3. The van der Waals surface area contributed by atoms with Gasteiger partial charge in [0.05, 0.1) is 6.61 Å². The Bertz CT molecular complexity index is 371. The zero-order chi connectivity index (χ0) is 13.6. The highest BCUT2D eigenvalue weighted by Crippen LogP contribution is 2.18. The predicted octanol–water partition coefficient (Wildman–Crippen LogP) is 1.65. The van der Waals surface area contributed by atoms with Crippen molar-refractivity contribution in [3.8, 4) is 0 Å². The van der Waals surface area contributed by atoms with Crippen molar-refractivity contribution in [1.29, 1.82) is 0 Å². The molecule has 0 bridgehead atoms. The summed E-state index contributed by atoms with van der Waals surface area (Å²) in [6.45, 7) is 6.83. The van der Waals surface area contributed by atoms with Gasteiger partial charge in [-0.1, -0.05) is 20.8 Å². The summed E-state index contributed by atoms with van der Waals surface area (Å²) in [6.07, 6.45) is 3.66. The number of Topliss-reactive ketones (excluding diaryl/α,β-unsaturated/α-hetero) is 1. The van der Waals surface area contributed by atoms with E-state index >= 15 is 0 Å². The van der Waals surface area contributed by atoms with Crippen LogP contribution in [0, 0.1) is 5.41 Å². The molecule has 0 amide bonds. The third-order valence-corrected chi connectivity index (χ3v) is 2.97. The lowest BCUT2D eigenvalue weighted by Gasteiger charge is -2.29. The van der Waals surface area contributed by atoms with Crippen LogP contribution in [0.2, 0.25) is 0 Å². The Labute approximate surface area is 108 Å². The quantitative estimate of drug-likeness (QED) is 0.754. The van der Waals surface area contributed by atoms with Gasteiger partial charge >= 0.3 is 0 Å². The van der Waals surface area contributed by atoms with Crippen molar-refractivity contribution in [2.45, 2.75) is 33.2 Å². The number of nitrogens with one attached hydrogen (secondary N) is 1. The molecule has 0 saturated carbocycles. The molecule has 18 heavy (non-hydrogen) atoms. The Balaban J connectivity index is 2.40. The van der Waals surface area contributed by atoms with Gasteiger partial charge in [-0.25, -0.2) is 0 Å². The van der Waals surface area contributed by atoms with Crippen molar-refractivity contribution in [2.75, 3.05) is 13.2 Å². The first-order chi connectivity index (χ1) is 8.45. The van der Waals surface area contributed by atoms with Gasteiger partial charge in [-0.05, 0) is 17.5 Å². The fourth-order valence-corrected chi connectivity index (χ4v) is 1.69. The molecule has 0 fully saturated rings. The first-order valence-electron chi connectivity index (χ1n) is 6.22. The largest absolute Gasteiger partial charge is 0.395 e. The van der Waals surface area contributed by atoms with Gasteiger partial charge in [0.2, 0.25) is 0 Å². The van der Waals surface area contributed by atoms with Crippen LogP contribution in [0.4, 0.5) is 0 Å². The molecule has 1 aromatic rings. The molecule has 4 nitrogen and oxygen atoms in total. The lowest BCUT2D eigenvalue weighted by atomic mass is 9.87. The van der Waals surface area contributed by atoms with Crippen LogP contribution >= 0.6 is 0 Å². The molecule has 2 N–H and O–H groups in total. The number of hydrogen-bond donors (Lipinski definition) is 2. The van der Waals surface area contributed by atoms with Gasteiger partial charge in [0, 0.05) is 37.0 Å². The van der Waals surface area contributed by atoms with E-state index in [0.717, 1.165) is 0 Å². The van der Waals surface area contributed by atoms with Crippen LogP contribution in [0.3, 0.4) is 0 Å². The second-order valence-corrected chi connectivity index (χ2v) is 5.46. The van der Waals surface area contributed by atoms with Gasteiger partial charge in [-0.3, -0.25) is 9.78 Å². The number of carbonyl (C=O) groups is 1. The van der Waals surface area contributed by atoms with Crippen molar-refractivity contribution < 1.29 is 9.90 Å². The highest BCUT2D eigenvalue weighted by Gasteiger charge is 2.23. The molecular formula is C14H22N2O2. The Morgan fingerprint density at radius 1 is 1.39 bits per heavy atom. The topological polar surface area (TPSA) is 62.2 Å². The molecule has 4 heteroatoms. The van der Waals surface area contributed by atoms with Crippen molar-refractivity contribution >= 4 is 5.78 Å². The van der Waals surface area contributed by atoms with Gasteiger partial charge in [0.1, 0.15) is 0 Å². The van der Waals surface area contributed by atoms with Crippen LogP contribution < -0.4 is 5.32 Å². The minimum atomic E-state index is -0.0194. The number of pyridine rings is 1. The summed E-state index contributed by atoms with van der Waals surface area (Å²) in [4.78, 5) is 15.7. The summed E-state index contributed by atoms with van der Waals surface area (Å²) in [5.74, 6) is 0.0931. The van der Waals surface area contributed by atoms with Crippen LogP contribution in [0.15, 0.2) is 24.5 Å². The molecule has 0 radical (unpaired) electrons. The molecule has 1 aromatic heterocycles. The van der Waals surface area contributed by atoms with E-state index in [1.54, 1.807) is 24.5 Å². The van der Waals surface area contributed by atoms with Gasteiger partial charge in [0.25, 0.3) is 0 Å². The number of aliphatic hydroxyl groups excluding tert-OH is 1. The van der Waals surface area contributed by atoms with E-state index in [9.17, 15) is 9.90 Å². The third kappa shape index (κ3) is 4.55. The van der Waals surface area contributed by atoms with Gasteiger partial charge < -0.3 is 10.4 Å². The van der Waals surface area contributed by atoms with Crippen molar-refractivity contribution in [3.63, 3.8) is 0 Å². The first-order valence-corrected chi connectivity index (χ1v) is 6.22. The maximum absolute atomic E-state index is 11.8. The maximum atomic E-state index is 11.8. The number of carbonyl (C=O) groups excluding carboxylic acids is 1. The summed E-state index contributed by atoms with van der Waals surface area (Å²) in [7, 11) is 0. The van der Waals surface area contributed by atoms with E-state index in [2.05, 4.69) is 31.1 Å². The smallest absolute Gasteiger partial charge is 0.164 e. The molecule has 0 aliphatic rings. The molecule has 0 aromatic carbocycles. The Morgan fingerprint density at radius 2 is 2.00 bits per heavy atom. The zero-order valence-electron chi connectivity index (χ0n) is 11.3. The number of rotatable bonds is 6. The lowest BCUT2D eigenvalue weighted by Crippen LogP contribution is -2.43. The molecule has 0 spiro atoms. The Hall–Kier alpha value is -1.26. The molecular weight excluding hydrogens is 228 g/mol. The average Bonchev–Trinajstić information content (AvgIpc) is 2.34. The normalized spacial score (nSPS) is 13.3. The minimum absolute atomic E-state index is 0.00254. The van der Waals surface area contributed by atoms with Crippen LogP contribution in [-0.2, 0) is 0 Å². The zero-order valence-corrected chi connectivity index (χ0v) is 11.3. The summed E-state index contributed by atoms with van der Waals surface area (Å²) in [6, 6.07) is 3.44. The van der Waals surface area contributed by atoms with Crippen molar-refractivity contribution in [1.82, 2.24) is 10.3 Å². The predicted molar refractivity (Wildman–Crippen MR) is 71.5 cm³/mol. The van der Waals surface area contributed by atoms with Crippen LogP contribution in [0.25, 0.3) is 0 Å². The monoisotopic (exact) mass is 250 g/mol. The summed E-state index contributed by atoms with van der Waals surface area (Å²) >= 11 is 0. The summed E-state index contributed by atoms with van der Waals surface area (Å²) in [5, 5.41) is 12.5. The van der Waals surface area contributed by atoms with E-state index in [-0.39, 0.29) is 23.8 Å². The SMILES string of the molecule is CC(C)(C)C(CO)NCCC(=O)c1ccncc1. The molecule has 0 aliphatic carbocycles. The summed E-state index contributed by atoms with van der Waals surface area (Å²) < 4.78 is 0. The van der Waals surface area contributed by atoms with Gasteiger partial charge in [-0.2, -0.15) is 0 Å². The molecule has 1 unspecified atom stereocenters. The van der Waals surface area contributed by atoms with E-state index in [4.69, 9.17) is 0 Å². The molecule has 1 heterocycles. The van der Waals surface area contributed by atoms with E-state index in [1.165, 1.54) is 0 Å². The van der Waals surface area contributed by atoms with Crippen LogP contribution in [0.5, 0.6) is 0 Å².